The van der Waals surface area contributed by atoms with E-state index in [9.17, 15) is 5.11 Å². The van der Waals surface area contributed by atoms with Crippen molar-refractivity contribution < 1.29 is 5.11 Å². The highest BCUT2D eigenvalue weighted by Gasteiger charge is 2.14. The molecule has 3 heteroatoms. The number of rotatable bonds is 3. The minimum atomic E-state index is -0.633. The van der Waals surface area contributed by atoms with Crippen molar-refractivity contribution in [2.45, 2.75) is 19.6 Å². The summed E-state index contributed by atoms with van der Waals surface area (Å²) in [5.41, 5.74) is 1.76. The maximum atomic E-state index is 10.5. The predicted molar refractivity (Wildman–Crippen MR) is 75.9 cm³/mol. The van der Waals surface area contributed by atoms with Gasteiger partial charge in [0.25, 0.3) is 0 Å². The first-order valence-electron chi connectivity index (χ1n) is 6.47. The van der Waals surface area contributed by atoms with Crippen LogP contribution in [0.5, 0.6) is 0 Å². The van der Waals surface area contributed by atoms with Gasteiger partial charge in [-0.3, -0.25) is 4.68 Å². The van der Waals surface area contributed by atoms with Crippen molar-refractivity contribution in [2.75, 3.05) is 0 Å². The third-order valence-electron chi connectivity index (χ3n) is 3.41. The molecule has 2 aromatic carbocycles. The maximum Gasteiger partial charge on any atom is 0.108 e. The molecule has 0 saturated heterocycles. The Hall–Kier alpha value is -2.13. The fourth-order valence-corrected chi connectivity index (χ4v) is 2.36. The molecule has 0 aliphatic heterocycles. The summed E-state index contributed by atoms with van der Waals surface area (Å²) in [7, 11) is 0. The number of aromatic nitrogens is 2. The van der Waals surface area contributed by atoms with Gasteiger partial charge in [0, 0.05) is 18.3 Å². The zero-order valence-electron chi connectivity index (χ0n) is 10.8. The summed E-state index contributed by atoms with van der Waals surface area (Å²) in [4.78, 5) is 0. The highest BCUT2D eigenvalue weighted by Crippen LogP contribution is 2.28. The number of aliphatic hydroxyl groups excluding tert-OH is 1. The highest BCUT2D eigenvalue weighted by molar-refractivity contribution is 5.86. The van der Waals surface area contributed by atoms with E-state index < -0.39 is 6.10 Å². The van der Waals surface area contributed by atoms with E-state index in [0.29, 0.717) is 0 Å². The molecule has 19 heavy (non-hydrogen) atoms. The molecule has 0 amide bonds. The monoisotopic (exact) mass is 252 g/mol. The Morgan fingerprint density at radius 2 is 1.95 bits per heavy atom. The van der Waals surface area contributed by atoms with Crippen molar-refractivity contribution in [3.63, 3.8) is 0 Å². The van der Waals surface area contributed by atoms with Crippen LogP contribution in [-0.2, 0) is 6.54 Å². The molecule has 1 heterocycles. The summed E-state index contributed by atoms with van der Waals surface area (Å²) in [6, 6.07) is 14.1. The zero-order chi connectivity index (χ0) is 13.2. The number of hydrogen-bond acceptors (Lipinski definition) is 2. The van der Waals surface area contributed by atoms with Gasteiger partial charge in [0.05, 0.1) is 6.20 Å². The second-order valence-electron chi connectivity index (χ2n) is 4.60. The molecule has 3 rings (SSSR count). The first kappa shape index (κ1) is 11.9. The van der Waals surface area contributed by atoms with Crippen molar-refractivity contribution in [1.82, 2.24) is 9.78 Å². The summed E-state index contributed by atoms with van der Waals surface area (Å²) < 4.78 is 1.82. The number of fused-ring (bicyclic) bond motifs is 1. The maximum absolute atomic E-state index is 10.5. The van der Waals surface area contributed by atoms with Crippen LogP contribution in [0.1, 0.15) is 24.2 Å². The molecule has 0 aliphatic rings. The van der Waals surface area contributed by atoms with Crippen molar-refractivity contribution >= 4 is 10.8 Å². The molecule has 0 aliphatic carbocycles. The lowest BCUT2D eigenvalue weighted by Gasteiger charge is -2.12. The van der Waals surface area contributed by atoms with E-state index in [4.69, 9.17) is 0 Å². The summed E-state index contributed by atoms with van der Waals surface area (Å²) >= 11 is 0. The van der Waals surface area contributed by atoms with Crippen LogP contribution in [0.25, 0.3) is 10.8 Å². The summed E-state index contributed by atoms with van der Waals surface area (Å²) in [6.07, 6.45) is 2.99. The minimum absolute atomic E-state index is 0.633. The van der Waals surface area contributed by atoms with Crippen LogP contribution in [0.2, 0.25) is 0 Å². The SMILES string of the molecule is CCn1cc(C(O)c2cccc3ccccc23)cn1. The molecule has 3 aromatic rings. The van der Waals surface area contributed by atoms with Gasteiger partial charge >= 0.3 is 0 Å². The largest absolute Gasteiger partial charge is 0.384 e. The van der Waals surface area contributed by atoms with Crippen molar-refractivity contribution in [1.29, 1.82) is 0 Å². The Labute approximate surface area is 112 Å². The molecule has 96 valence electrons. The lowest BCUT2D eigenvalue weighted by atomic mass is 9.98. The van der Waals surface area contributed by atoms with Gasteiger partial charge in [0.1, 0.15) is 6.10 Å². The highest BCUT2D eigenvalue weighted by atomic mass is 16.3. The van der Waals surface area contributed by atoms with Crippen molar-refractivity contribution in [3.8, 4) is 0 Å². The minimum Gasteiger partial charge on any atom is -0.384 e. The molecule has 3 nitrogen and oxygen atoms in total. The Bertz CT molecular complexity index is 697. The van der Waals surface area contributed by atoms with Gasteiger partial charge in [-0.1, -0.05) is 42.5 Å². The average molecular weight is 252 g/mol. The van der Waals surface area contributed by atoms with Gasteiger partial charge in [0.2, 0.25) is 0 Å². The normalized spacial score (nSPS) is 12.7. The molecule has 0 bridgehead atoms. The topological polar surface area (TPSA) is 38.0 Å². The van der Waals surface area contributed by atoms with E-state index in [0.717, 1.165) is 28.4 Å². The molecule has 1 aromatic heterocycles. The number of hydrogen-bond donors (Lipinski definition) is 1. The Morgan fingerprint density at radius 3 is 2.74 bits per heavy atom. The van der Waals surface area contributed by atoms with E-state index in [1.165, 1.54) is 0 Å². The van der Waals surface area contributed by atoms with Crippen LogP contribution >= 0.6 is 0 Å². The van der Waals surface area contributed by atoms with Crippen LogP contribution in [0.15, 0.2) is 54.9 Å². The lowest BCUT2D eigenvalue weighted by molar-refractivity contribution is 0.222. The lowest BCUT2D eigenvalue weighted by Crippen LogP contribution is -1.99. The Morgan fingerprint density at radius 1 is 1.16 bits per heavy atom. The third kappa shape index (κ3) is 2.13. The number of nitrogens with zero attached hydrogens (tertiary/aromatic N) is 2. The van der Waals surface area contributed by atoms with Gasteiger partial charge in [0.15, 0.2) is 0 Å². The second-order valence-corrected chi connectivity index (χ2v) is 4.60. The number of aryl methyl sites for hydroxylation is 1. The van der Waals surface area contributed by atoms with E-state index >= 15 is 0 Å². The summed E-state index contributed by atoms with van der Waals surface area (Å²) in [6.45, 7) is 2.84. The molecule has 1 N–H and O–H groups in total. The fraction of sp³-hybridized carbons (Fsp3) is 0.188. The van der Waals surface area contributed by atoms with Gasteiger partial charge in [-0.25, -0.2) is 0 Å². The van der Waals surface area contributed by atoms with E-state index in [-0.39, 0.29) is 0 Å². The van der Waals surface area contributed by atoms with Crippen LogP contribution < -0.4 is 0 Å². The smallest absolute Gasteiger partial charge is 0.108 e. The average Bonchev–Trinajstić information content (AvgIpc) is 2.95. The van der Waals surface area contributed by atoms with Crippen LogP contribution in [0.4, 0.5) is 0 Å². The quantitative estimate of drug-likeness (QED) is 0.777. The van der Waals surface area contributed by atoms with Crippen molar-refractivity contribution in [3.05, 3.63) is 66.0 Å². The third-order valence-corrected chi connectivity index (χ3v) is 3.41. The molecular weight excluding hydrogens is 236 g/mol. The van der Waals surface area contributed by atoms with Gasteiger partial charge in [-0.15, -0.1) is 0 Å². The number of benzene rings is 2. The Kier molecular flexibility index (Phi) is 3.05. The first-order chi connectivity index (χ1) is 9.29. The van der Waals surface area contributed by atoms with E-state index in [1.807, 2.05) is 48.1 Å². The number of aliphatic hydroxyl groups is 1. The van der Waals surface area contributed by atoms with Crippen LogP contribution in [0, 0.1) is 0 Å². The van der Waals surface area contributed by atoms with Gasteiger partial charge in [-0.2, -0.15) is 5.10 Å². The van der Waals surface area contributed by atoms with Gasteiger partial charge in [-0.05, 0) is 23.3 Å². The second kappa shape index (κ2) is 4.86. The standard InChI is InChI=1S/C16H16N2O/c1-2-18-11-13(10-17-18)16(19)15-9-5-7-12-6-3-4-8-14(12)15/h3-11,16,19H,2H2,1H3. The Balaban J connectivity index is 2.08. The van der Waals surface area contributed by atoms with Crippen LogP contribution in [-0.4, -0.2) is 14.9 Å². The fourth-order valence-electron chi connectivity index (χ4n) is 2.36. The molecule has 0 radical (unpaired) electrons. The van der Waals surface area contributed by atoms with Crippen molar-refractivity contribution in [2.24, 2.45) is 0 Å². The predicted octanol–water partition coefficient (Wildman–Crippen LogP) is 3.14. The summed E-state index contributed by atoms with van der Waals surface area (Å²) in [5, 5.41) is 17.0. The summed E-state index contributed by atoms with van der Waals surface area (Å²) in [5.74, 6) is 0. The molecular formula is C16H16N2O. The zero-order valence-corrected chi connectivity index (χ0v) is 10.8. The van der Waals surface area contributed by atoms with Gasteiger partial charge < -0.3 is 5.11 Å². The molecule has 0 spiro atoms. The van der Waals surface area contributed by atoms with Crippen LogP contribution in [0.3, 0.4) is 0 Å². The molecule has 0 fully saturated rings. The van der Waals surface area contributed by atoms with E-state index in [1.54, 1.807) is 6.20 Å². The molecule has 0 saturated carbocycles. The molecule has 1 unspecified atom stereocenters. The molecule has 1 atom stereocenters. The first-order valence-corrected chi connectivity index (χ1v) is 6.47. The van der Waals surface area contributed by atoms with E-state index in [2.05, 4.69) is 17.2 Å².